The molecular weight excluding hydrogens is 327 g/mol. The summed E-state index contributed by atoms with van der Waals surface area (Å²) in [5.41, 5.74) is 1.08. The lowest BCUT2D eigenvalue weighted by Crippen LogP contribution is -1.95. The van der Waals surface area contributed by atoms with E-state index in [0.717, 1.165) is 21.5 Å². The summed E-state index contributed by atoms with van der Waals surface area (Å²) < 4.78 is 0.969. The first kappa shape index (κ1) is 12.4. The normalized spacial score (nSPS) is 12.7. The van der Waals surface area contributed by atoms with Crippen LogP contribution < -0.4 is 0 Å². The van der Waals surface area contributed by atoms with E-state index < -0.39 is 0 Å². The van der Waals surface area contributed by atoms with Crippen molar-refractivity contribution in [2.75, 3.05) is 0 Å². The van der Waals surface area contributed by atoms with Gasteiger partial charge in [-0.2, -0.15) is 0 Å². The van der Waals surface area contributed by atoms with E-state index in [1.165, 1.54) is 4.88 Å². The van der Waals surface area contributed by atoms with Crippen molar-refractivity contribution in [2.45, 2.75) is 11.8 Å². The molecule has 0 aliphatic heterocycles. The Labute approximate surface area is 117 Å². The molecule has 1 aromatic carbocycles. The van der Waals surface area contributed by atoms with Gasteiger partial charge in [0.15, 0.2) is 0 Å². The predicted molar refractivity (Wildman–Crippen MR) is 75.8 cm³/mol. The maximum absolute atomic E-state index is 6.39. The van der Waals surface area contributed by atoms with E-state index in [1.54, 1.807) is 11.3 Å². The number of rotatable bonds is 3. The van der Waals surface area contributed by atoms with Gasteiger partial charge in [0.1, 0.15) is 0 Å². The molecule has 0 saturated carbocycles. The Hall–Kier alpha value is -0.0200. The molecule has 0 fully saturated rings. The van der Waals surface area contributed by atoms with Crippen molar-refractivity contribution in [3.05, 3.63) is 55.6 Å². The van der Waals surface area contributed by atoms with Crippen LogP contribution in [0.2, 0.25) is 5.02 Å². The number of thiophene rings is 1. The molecule has 0 saturated heterocycles. The third-order valence-electron chi connectivity index (χ3n) is 2.26. The van der Waals surface area contributed by atoms with E-state index in [0.29, 0.717) is 0 Å². The van der Waals surface area contributed by atoms with Crippen molar-refractivity contribution in [1.29, 1.82) is 0 Å². The number of hydrogen-bond donors (Lipinski definition) is 0. The van der Waals surface area contributed by atoms with E-state index >= 15 is 0 Å². The summed E-state index contributed by atoms with van der Waals surface area (Å²) in [7, 11) is 0. The minimum absolute atomic E-state index is 0.0229. The largest absolute Gasteiger partial charge is 0.149 e. The highest BCUT2D eigenvalue weighted by Crippen LogP contribution is 2.33. The van der Waals surface area contributed by atoms with E-state index in [9.17, 15) is 0 Å². The molecule has 0 N–H and O–H groups in total. The molecule has 2 rings (SSSR count). The van der Waals surface area contributed by atoms with Crippen LogP contribution in [0.5, 0.6) is 0 Å². The van der Waals surface area contributed by atoms with Crippen molar-refractivity contribution in [1.82, 2.24) is 0 Å². The van der Waals surface area contributed by atoms with Crippen LogP contribution in [-0.2, 0) is 6.42 Å². The third kappa shape index (κ3) is 3.01. The minimum atomic E-state index is -0.0229. The molecule has 1 aromatic heterocycles. The van der Waals surface area contributed by atoms with Gasteiger partial charge in [0.05, 0.1) is 5.38 Å². The van der Waals surface area contributed by atoms with E-state index in [4.69, 9.17) is 23.2 Å². The molecule has 0 aliphatic carbocycles. The monoisotopic (exact) mass is 334 g/mol. The molecule has 0 radical (unpaired) electrons. The van der Waals surface area contributed by atoms with Crippen LogP contribution in [0, 0.1) is 0 Å². The average molecular weight is 336 g/mol. The molecule has 1 unspecified atom stereocenters. The van der Waals surface area contributed by atoms with Gasteiger partial charge in [-0.1, -0.05) is 39.7 Å². The zero-order chi connectivity index (χ0) is 11.5. The summed E-state index contributed by atoms with van der Waals surface area (Å²) in [5, 5.41) is 2.76. The molecule has 0 amide bonds. The summed E-state index contributed by atoms with van der Waals surface area (Å²) in [6.07, 6.45) is 0.847. The summed E-state index contributed by atoms with van der Waals surface area (Å²) in [6.45, 7) is 0. The fourth-order valence-corrected chi connectivity index (χ4v) is 3.76. The third-order valence-corrected chi connectivity index (χ3v) is 4.47. The topological polar surface area (TPSA) is 0 Å². The number of halogens is 3. The van der Waals surface area contributed by atoms with Crippen molar-refractivity contribution >= 4 is 50.5 Å². The lowest BCUT2D eigenvalue weighted by molar-refractivity contribution is 0.932. The van der Waals surface area contributed by atoms with Crippen LogP contribution in [0.3, 0.4) is 0 Å². The molecule has 1 atom stereocenters. The second-order valence-corrected chi connectivity index (χ2v) is 6.27. The van der Waals surface area contributed by atoms with Crippen LogP contribution in [0.25, 0.3) is 0 Å². The predicted octanol–water partition coefficient (Wildman–Crippen LogP) is 5.69. The fourth-order valence-electron chi connectivity index (χ4n) is 1.47. The second kappa shape index (κ2) is 5.54. The van der Waals surface area contributed by atoms with Gasteiger partial charge >= 0.3 is 0 Å². The maximum Gasteiger partial charge on any atom is 0.0644 e. The first-order valence-corrected chi connectivity index (χ1v) is 7.27. The van der Waals surface area contributed by atoms with Crippen LogP contribution in [0.15, 0.2) is 40.2 Å². The van der Waals surface area contributed by atoms with Crippen LogP contribution >= 0.6 is 50.5 Å². The summed E-state index contributed by atoms with van der Waals surface area (Å²) in [4.78, 5) is 1.29. The van der Waals surface area contributed by atoms with Crippen molar-refractivity contribution in [3.63, 3.8) is 0 Å². The zero-order valence-corrected chi connectivity index (χ0v) is 12.2. The smallest absolute Gasteiger partial charge is 0.0644 e. The van der Waals surface area contributed by atoms with Gasteiger partial charge in [-0.15, -0.1) is 22.9 Å². The van der Waals surface area contributed by atoms with Crippen molar-refractivity contribution in [3.8, 4) is 0 Å². The number of hydrogen-bond acceptors (Lipinski definition) is 1. The fraction of sp³-hybridized carbons (Fsp3) is 0.167. The molecule has 0 aliphatic rings. The van der Waals surface area contributed by atoms with Gasteiger partial charge in [-0.05, 0) is 29.1 Å². The highest BCUT2D eigenvalue weighted by Gasteiger charge is 2.13. The molecule has 84 valence electrons. The molecule has 0 bridgehead atoms. The van der Waals surface area contributed by atoms with Crippen molar-refractivity contribution in [2.24, 2.45) is 0 Å². The molecular formula is C12H9BrCl2S. The highest BCUT2D eigenvalue weighted by molar-refractivity contribution is 9.10. The van der Waals surface area contributed by atoms with E-state index in [-0.39, 0.29) is 5.38 Å². The van der Waals surface area contributed by atoms with Gasteiger partial charge < -0.3 is 0 Å². The Kier molecular flexibility index (Phi) is 4.31. The number of alkyl halides is 1. The van der Waals surface area contributed by atoms with Crippen LogP contribution in [0.4, 0.5) is 0 Å². The standard InChI is InChI=1S/C12H9BrCl2S/c13-11-6-8(14)3-4-10(11)12(15)7-9-2-1-5-16-9/h1-6,12H,7H2. The lowest BCUT2D eigenvalue weighted by Gasteiger charge is -2.11. The van der Waals surface area contributed by atoms with Gasteiger partial charge in [0, 0.05) is 20.8 Å². The summed E-state index contributed by atoms with van der Waals surface area (Å²) in [5.74, 6) is 0. The Balaban J connectivity index is 2.17. The van der Waals surface area contributed by atoms with Gasteiger partial charge in [-0.25, -0.2) is 0 Å². The van der Waals surface area contributed by atoms with E-state index in [2.05, 4.69) is 27.4 Å². The second-order valence-electron chi connectivity index (χ2n) is 3.42. The van der Waals surface area contributed by atoms with Crippen LogP contribution in [0.1, 0.15) is 15.8 Å². The SMILES string of the molecule is Clc1ccc(C(Cl)Cc2cccs2)c(Br)c1. The molecule has 4 heteroatoms. The molecule has 0 spiro atoms. The van der Waals surface area contributed by atoms with Crippen LogP contribution in [-0.4, -0.2) is 0 Å². The first-order valence-electron chi connectivity index (χ1n) is 4.78. The summed E-state index contributed by atoms with van der Waals surface area (Å²) in [6, 6.07) is 9.86. The zero-order valence-electron chi connectivity index (χ0n) is 8.29. The molecule has 16 heavy (non-hydrogen) atoms. The van der Waals surface area contributed by atoms with Gasteiger partial charge in [0.2, 0.25) is 0 Å². The Morgan fingerprint density at radius 1 is 1.31 bits per heavy atom. The average Bonchev–Trinajstić information content (AvgIpc) is 2.70. The summed E-state index contributed by atoms with van der Waals surface area (Å²) >= 11 is 17.5. The minimum Gasteiger partial charge on any atom is -0.149 e. The first-order chi connectivity index (χ1) is 7.66. The lowest BCUT2D eigenvalue weighted by atomic mass is 10.1. The quantitative estimate of drug-likeness (QED) is 0.632. The van der Waals surface area contributed by atoms with Gasteiger partial charge in [-0.3, -0.25) is 0 Å². The highest BCUT2D eigenvalue weighted by atomic mass is 79.9. The molecule has 0 nitrogen and oxygen atoms in total. The Morgan fingerprint density at radius 2 is 2.12 bits per heavy atom. The van der Waals surface area contributed by atoms with Crippen molar-refractivity contribution < 1.29 is 0 Å². The Morgan fingerprint density at radius 3 is 2.75 bits per heavy atom. The molecule has 1 heterocycles. The van der Waals surface area contributed by atoms with E-state index in [1.807, 2.05) is 24.3 Å². The Bertz CT molecular complexity index is 468. The van der Waals surface area contributed by atoms with Gasteiger partial charge in [0.25, 0.3) is 0 Å². The number of benzene rings is 1. The molecule has 2 aromatic rings. The maximum atomic E-state index is 6.39.